The van der Waals surface area contributed by atoms with Crippen LogP contribution in [0.2, 0.25) is 0 Å². The highest BCUT2D eigenvalue weighted by molar-refractivity contribution is 5.78. The number of carbonyl (C=O) groups is 1. The minimum absolute atomic E-state index is 0.0304. The lowest BCUT2D eigenvalue weighted by atomic mass is 9.68. The maximum Gasteiger partial charge on any atom is 0.320 e. The molecule has 5 nitrogen and oxygen atoms in total. The van der Waals surface area contributed by atoms with Crippen LogP contribution in [0.4, 0.5) is 4.79 Å². The van der Waals surface area contributed by atoms with Crippen LogP contribution in [0.3, 0.4) is 0 Å². The first-order valence-corrected chi connectivity index (χ1v) is 12.7. The predicted octanol–water partition coefficient (Wildman–Crippen LogP) is 5.75. The molecule has 0 bridgehead atoms. The number of amides is 2. The third kappa shape index (κ3) is 4.68. The van der Waals surface area contributed by atoms with Crippen molar-refractivity contribution in [1.82, 2.24) is 14.7 Å². The van der Waals surface area contributed by atoms with Crippen LogP contribution in [0, 0.1) is 5.92 Å². The molecule has 0 unspecified atom stereocenters. The van der Waals surface area contributed by atoms with Crippen LogP contribution in [0.5, 0.6) is 5.75 Å². The molecule has 2 amide bonds. The number of hydrogen-bond acceptors (Lipinski definition) is 3. The van der Waals surface area contributed by atoms with E-state index in [0.717, 1.165) is 56.5 Å². The van der Waals surface area contributed by atoms with Crippen LogP contribution >= 0.6 is 0 Å². The van der Waals surface area contributed by atoms with Crippen LogP contribution in [-0.2, 0) is 12.1 Å². The molecular formula is C29H41N3O2. The molecule has 1 aliphatic heterocycles. The van der Waals surface area contributed by atoms with Crippen molar-refractivity contribution in [2.24, 2.45) is 5.92 Å². The van der Waals surface area contributed by atoms with Crippen LogP contribution in [0.15, 0.2) is 54.6 Å². The molecule has 0 N–H and O–H groups in total. The molecule has 2 aromatic carbocycles. The van der Waals surface area contributed by atoms with Gasteiger partial charge in [0.1, 0.15) is 5.75 Å². The summed E-state index contributed by atoms with van der Waals surface area (Å²) in [5.41, 5.74) is 2.50. The maximum absolute atomic E-state index is 13.7. The summed E-state index contributed by atoms with van der Waals surface area (Å²) in [6, 6.07) is 19.2. The number of methoxy groups -OCH3 is 1. The van der Waals surface area contributed by atoms with Crippen molar-refractivity contribution < 1.29 is 9.53 Å². The van der Waals surface area contributed by atoms with E-state index in [4.69, 9.17) is 4.74 Å². The van der Waals surface area contributed by atoms with Gasteiger partial charge in [-0.15, -0.1) is 0 Å². The fraction of sp³-hybridized carbons (Fsp3) is 0.552. The fourth-order valence-corrected chi connectivity index (χ4v) is 5.98. The number of hydrogen-bond donors (Lipinski definition) is 0. The van der Waals surface area contributed by atoms with Gasteiger partial charge >= 0.3 is 6.03 Å². The summed E-state index contributed by atoms with van der Waals surface area (Å²) in [6.45, 7) is 6.80. The monoisotopic (exact) mass is 463 g/mol. The largest absolute Gasteiger partial charge is 0.497 e. The van der Waals surface area contributed by atoms with E-state index in [2.05, 4.69) is 85.1 Å². The van der Waals surface area contributed by atoms with E-state index in [-0.39, 0.29) is 17.1 Å². The Hall–Kier alpha value is -2.53. The van der Waals surface area contributed by atoms with E-state index in [0.29, 0.717) is 12.5 Å². The minimum atomic E-state index is -0.0767. The zero-order valence-corrected chi connectivity index (χ0v) is 21.6. The van der Waals surface area contributed by atoms with Crippen molar-refractivity contribution in [3.63, 3.8) is 0 Å². The molecule has 184 valence electrons. The molecule has 4 rings (SSSR count). The number of nitrogens with zero attached hydrogens (tertiary/aromatic N) is 3. The van der Waals surface area contributed by atoms with Gasteiger partial charge in [0.15, 0.2) is 0 Å². The van der Waals surface area contributed by atoms with Crippen molar-refractivity contribution in [1.29, 1.82) is 0 Å². The highest BCUT2D eigenvalue weighted by atomic mass is 16.5. The minimum Gasteiger partial charge on any atom is -0.497 e. The highest BCUT2D eigenvalue weighted by Crippen LogP contribution is 2.49. The summed E-state index contributed by atoms with van der Waals surface area (Å²) < 4.78 is 5.30. The van der Waals surface area contributed by atoms with Crippen LogP contribution in [0.1, 0.15) is 57.1 Å². The Labute approximate surface area is 205 Å². The lowest BCUT2D eigenvalue weighted by Crippen LogP contribution is -2.55. The lowest BCUT2D eigenvalue weighted by molar-refractivity contribution is 0.0234. The van der Waals surface area contributed by atoms with Gasteiger partial charge < -0.3 is 14.5 Å². The summed E-state index contributed by atoms with van der Waals surface area (Å²) in [4.78, 5) is 20.4. The average Bonchev–Trinajstić information content (AvgIpc) is 3.09. The molecule has 2 aliphatic rings. The molecule has 2 aromatic rings. The standard InChI is InChI=1S/C29H41N3O2/c1-23(2)15-20-32-27(33)31(21-24-11-13-26(34-5)14-12-24)22-28(32)16-18-29(19-17-28,30(3)4)25-9-7-6-8-10-25/h6-14,23H,15-22H2,1-5H3. The topological polar surface area (TPSA) is 36.0 Å². The van der Waals surface area contributed by atoms with E-state index < -0.39 is 0 Å². The van der Waals surface area contributed by atoms with Gasteiger partial charge in [-0.2, -0.15) is 0 Å². The number of ether oxygens (including phenoxy) is 1. The molecule has 0 atom stereocenters. The number of urea groups is 1. The molecule has 34 heavy (non-hydrogen) atoms. The van der Waals surface area contributed by atoms with E-state index in [1.807, 2.05) is 12.1 Å². The van der Waals surface area contributed by atoms with E-state index in [1.54, 1.807) is 7.11 Å². The number of carbonyl (C=O) groups excluding carboxylic acids is 1. The summed E-state index contributed by atoms with van der Waals surface area (Å²) in [7, 11) is 6.09. The van der Waals surface area contributed by atoms with Crippen LogP contribution in [-0.4, -0.2) is 60.6 Å². The van der Waals surface area contributed by atoms with E-state index in [9.17, 15) is 4.79 Å². The van der Waals surface area contributed by atoms with Gasteiger partial charge in [-0.05, 0) is 75.4 Å². The Morgan fingerprint density at radius 1 is 0.971 bits per heavy atom. The SMILES string of the molecule is COc1ccc(CN2CC3(CCC(c4ccccc4)(N(C)C)CC3)N(CCC(C)C)C2=O)cc1. The quantitative estimate of drug-likeness (QED) is 0.500. The molecular weight excluding hydrogens is 422 g/mol. The molecule has 1 aliphatic carbocycles. The zero-order chi connectivity index (χ0) is 24.3. The Morgan fingerprint density at radius 3 is 2.18 bits per heavy atom. The first-order chi connectivity index (χ1) is 16.3. The molecule has 0 aromatic heterocycles. The second-order valence-corrected chi connectivity index (χ2v) is 10.8. The first kappa shape index (κ1) is 24.6. The molecule has 2 fully saturated rings. The number of benzene rings is 2. The zero-order valence-electron chi connectivity index (χ0n) is 21.6. The van der Waals surface area contributed by atoms with Crippen molar-refractivity contribution in [2.45, 2.75) is 63.6 Å². The Balaban J connectivity index is 1.57. The summed E-state index contributed by atoms with van der Waals surface area (Å²) in [5, 5.41) is 0. The van der Waals surface area contributed by atoms with Crippen molar-refractivity contribution >= 4 is 6.03 Å². The third-order valence-corrected chi connectivity index (χ3v) is 8.20. The number of rotatable bonds is 8. The Morgan fingerprint density at radius 2 is 1.62 bits per heavy atom. The normalized spacial score (nSPS) is 25.1. The second kappa shape index (κ2) is 9.99. The smallest absolute Gasteiger partial charge is 0.320 e. The van der Waals surface area contributed by atoms with Crippen LogP contribution in [0.25, 0.3) is 0 Å². The van der Waals surface area contributed by atoms with Crippen molar-refractivity contribution in [3.8, 4) is 5.75 Å². The van der Waals surface area contributed by atoms with Crippen molar-refractivity contribution in [2.75, 3.05) is 34.3 Å². The lowest BCUT2D eigenvalue weighted by Gasteiger charge is -2.51. The molecule has 1 saturated carbocycles. The molecule has 0 radical (unpaired) electrons. The average molecular weight is 464 g/mol. The van der Waals surface area contributed by atoms with E-state index in [1.165, 1.54) is 5.56 Å². The van der Waals surface area contributed by atoms with Gasteiger partial charge in [0.2, 0.25) is 0 Å². The molecule has 1 saturated heterocycles. The molecule has 1 spiro atoms. The van der Waals surface area contributed by atoms with Gasteiger partial charge in [-0.1, -0.05) is 56.3 Å². The fourth-order valence-electron chi connectivity index (χ4n) is 5.98. The molecule has 1 heterocycles. The highest BCUT2D eigenvalue weighted by Gasteiger charge is 2.54. The van der Waals surface area contributed by atoms with Gasteiger partial charge in [0, 0.05) is 25.2 Å². The molecule has 5 heteroatoms. The predicted molar refractivity (Wildman–Crippen MR) is 138 cm³/mol. The van der Waals surface area contributed by atoms with Gasteiger partial charge in [-0.3, -0.25) is 4.90 Å². The van der Waals surface area contributed by atoms with E-state index >= 15 is 0 Å². The Kier molecular flexibility index (Phi) is 7.22. The summed E-state index contributed by atoms with van der Waals surface area (Å²) >= 11 is 0. The van der Waals surface area contributed by atoms with Gasteiger partial charge in [0.05, 0.1) is 12.6 Å². The second-order valence-electron chi connectivity index (χ2n) is 10.8. The maximum atomic E-state index is 13.7. The van der Waals surface area contributed by atoms with Gasteiger partial charge in [0.25, 0.3) is 0 Å². The summed E-state index contributed by atoms with van der Waals surface area (Å²) in [5.74, 6) is 1.43. The summed E-state index contributed by atoms with van der Waals surface area (Å²) in [6.07, 6.45) is 5.23. The van der Waals surface area contributed by atoms with Crippen molar-refractivity contribution in [3.05, 3.63) is 65.7 Å². The third-order valence-electron chi connectivity index (χ3n) is 8.20. The first-order valence-electron chi connectivity index (χ1n) is 12.7. The van der Waals surface area contributed by atoms with Crippen LogP contribution < -0.4 is 4.74 Å². The Bertz CT molecular complexity index is 947. The van der Waals surface area contributed by atoms with Gasteiger partial charge in [-0.25, -0.2) is 4.79 Å².